The Kier molecular flexibility index (Phi) is 5.56. The molecule has 0 radical (unpaired) electrons. The molecule has 1 aromatic heterocycles. The van der Waals surface area contributed by atoms with Crippen LogP contribution in [0.2, 0.25) is 0 Å². The molecule has 24 heavy (non-hydrogen) atoms. The van der Waals surface area contributed by atoms with Gasteiger partial charge in [-0.15, -0.1) is 0 Å². The van der Waals surface area contributed by atoms with Crippen LogP contribution in [0, 0.1) is 5.41 Å². The molecule has 1 N–H and O–H groups in total. The van der Waals surface area contributed by atoms with Gasteiger partial charge in [0.05, 0.1) is 5.69 Å². The van der Waals surface area contributed by atoms with Crippen molar-refractivity contribution in [2.45, 2.75) is 39.0 Å². The molecule has 2 fully saturated rings. The molecule has 134 valence electrons. The van der Waals surface area contributed by atoms with Crippen LogP contribution in [-0.4, -0.2) is 60.0 Å². The molecule has 0 saturated carbocycles. The van der Waals surface area contributed by atoms with E-state index in [1.165, 1.54) is 25.9 Å². The van der Waals surface area contributed by atoms with Gasteiger partial charge < -0.3 is 15.0 Å². The van der Waals surface area contributed by atoms with Crippen molar-refractivity contribution in [3.63, 3.8) is 0 Å². The summed E-state index contributed by atoms with van der Waals surface area (Å²) in [6.45, 7) is 7.83. The van der Waals surface area contributed by atoms with Gasteiger partial charge in [0.25, 0.3) is 5.91 Å². The molecular formula is C18H30N4O2. The smallest absolute Gasteiger partial charge is 0.269 e. The third kappa shape index (κ3) is 3.98. The van der Waals surface area contributed by atoms with E-state index in [1.54, 1.807) is 4.68 Å². The average Bonchev–Trinajstić information content (AvgIpc) is 3.23. The van der Waals surface area contributed by atoms with Crippen LogP contribution in [0.15, 0.2) is 6.07 Å². The lowest BCUT2D eigenvalue weighted by atomic mass is 9.79. The summed E-state index contributed by atoms with van der Waals surface area (Å²) in [4.78, 5) is 15.2. The fraction of sp³-hybridized carbons (Fsp3) is 0.778. The number of aromatic nitrogens is 2. The number of hydrogen-bond donors (Lipinski definition) is 1. The molecule has 3 rings (SSSR count). The third-order valence-corrected chi connectivity index (χ3v) is 5.46. The molecule has 6 nitrogen and oxygen atoms in total. The molecule has 0 aliphatic carbocycles. The van der Waals surface area contributed by atoms with Crippen LogP contribution in [0.4, 0.5) is 0 Å². The van der Waals surface area contributed by atoms with E-state index in [-0.39, 0.29) is 11.3 Å². The van der Waals surface area contributed by atoms with E-state index in [9.17, 15) is 4.79 Å². The number of amides is 1. The Bertz CT molecular complexity index is 557. The quantitative estimate of drug-likeness (QED) is 0.858. The van der Waals surface area contributed by atoms with Gasteiger partial charge in [-0.05, 0) is 51.3 Å². The molecular weight excluding hydrogens is 304 g/mol. The Morgan fingerprint density at radius 2 is 2.04 bits per heavy atom. The Hall–Kier alpha value is -1.40. The Morgan fingerprint density at radius 1 is 1.33 bits per heavy atom. The number of carbonyl (C=O) groups excluding carboxylic acids is 1. The molecule has 2 aliphatic rings. The van der Waals surface area contributed by atoms with Gasteiger partial charge in [-0.2, -0.15) is 5.10 Å². The van der Waals surface area contributed by atoms with Gasteiger partial charge in [-0.3, -0.25) is 9.48 Å². The van der Waals surface area contributed by atoms with E-state index in [0.717, 1.165) is 51.3 Å². The molecule has 6 heteroatoms. The van der Waals surface area contributed by atoms with Gasteiger partial charge in [-0.1, -0.05) is 6.92 Å². The van der Waals surface area contributed by atoms with Gasteiger partial charge in [0.2, 0.25) is 0 Å². The topological polar surface area (TPSA) is 59.4 Å². The minimum Gasteiger partial charge on any atom is -0.381 e. The second kappa shape index (κ2) is 7.66. The van der Waals surface area contributed by atoms with E-state index < -0.39 is 0 Å². The van der Waals surface area contributed by atoms with E-state index in [2.05, 4.69) is 22.2 Å². The van der Waals surface area contributed by atoms with Crippen molar-refractivity contribution >= 4 is 5.91 Å². The van der Waals surface area contributed by atoms with Crippen molar-refractivity contribution in [2.75, 3.05) is 39.4 Å². The largest absolute Gasteiger partial charge is 0.381 e. The van der Waals surface area contributed by atoms with Crippen LogP contribution in [0.5, 0.6) is 0 Å². The molecule has 0 aromatic carbocycles. The highest BCUT2D eigenvalue weighted by molar-refractivity contribution is 5.92. The summed E-state index contributed by atoms with van der Waals surface area (Å²) in [7, 11) is 1.84. The normalized spacial score (nSPS) is 21.1. The van der Waals surface area contributed by atoms with Gasteiger partial charge >= 0.3 is 0 Å². The fourth-order valence-electron chi connectivity index (χ4n) is 3.88. The summed E-state index contributed by atoms with van der Waals surface area (Å²) in [5.41, 5.74) is 1.75. The second-order valence-electron chi connectivity index (χ2n) is 7.28. The van der Waals surface area contributed by atoms with Crippen molar-refractivity contribution in [1.29, 1.82) is 0 Å². The van der Waals surface area contributed by atoms with Crippen molar-refractivity contribution < 1.29 is 9.53 Å². The number of carbonyl (C=O) groups is 1. The maximum absolute atomic E-state index is 12.6. The number of aryl methyl sites for hydroxylation is 2. The summed E-state index contributed by atoms with van der Waals surface area (Å²) in [6, 6.07) is 1.90. The number of likely N-dealkylation sites (tertiary alicyclic amines) is 1. The van der Waals surface area contributed by atoms with Gasteiger partial charge in [0.15, 0.2) is 0 Å². The average molecular weight is 334 g/mol. The van der Waals surface area contributed by atoms with E-state index in [1.807, 2.05) is 13.1 Å². The molecule has 1 amide bonds. The highest BCUT2D eigenvalue weighted by Gasteiger charge is 2.35. The van der Waals surface area contributed by atoms with Crippen molar-refractivity contribution in [1.82, 2.24) is 20.0 Å². The molecule has 0 bridgehead atoms. The maximum atomic E-state index is 12.6. The second-order valence-corrected chi connectivity index (χ2v) is 7.28. The zero-order chi connectivity index (χ0) is 17.0. The van der Waals surface area contributed by atoms with Crippen LogP contribution in [0.1, 0.15) is 48.8 Å². The number of rotatable bonds is 6. The summed E-state index contributed by atoms with van der Waals surface area (Å²) in [5, 5.41) is 7.55. The molecule has 1 aromatic rings. The van der Waals surface area contributed by atoms with E-state index in [0.29, 0.717) is 5.69 Å². The maximum Gasteiger partial charge on any atom is 0.269 e. The lowest BCUT2D eigenvalue weighted by Crippen LogP contribution is -2.48. The highest BCUT2D eigenvalue weighted by atomic mass is 16.5. The first-order valence-electron chi connectivity index (χ1n) is 9.23. The summed E-state index contributed by atoms with van der Waals surface area (Å²) >= 11 is 0. The Morgan fingerprint density at radius 3 is 2.67 bits per heavy atom. The van der Waals surface area contributed by atoms with Gasteiger partial charge in [0.1, 0.15) is 5.69 Å². The number of ether oxygens (including phenoxy) is 1. The first-order chi connectivity index (χ1) is 11.6. The molecule has 0 unspecified atom stereocenters. The van der Waals surface area contributed by atoms with E-state index in [4.69, 9.17) is 4.74 Å². The predicted octanol–water partition coefficient (Wildman–Crippen LogP) is 1.60. The summed E-state index contributed by atoms with van der Waals surface area (Å²) in [5.74, 6) is -0.0167. The lowest BCUT2D eigenvalue weighted by molar-refractivity contribution is -0.000675. The standard InChI is InChI=1S/C18H30N4O2/c1-3-15-12-16(21(2)20-15)17(23)19-13-18(6-10-24-11-7-18)14-22-8-4-5-9-22/h12H,3-11,13-14H2,1-2H3,(H,19,23). The number of nitrogens with zero attached hydrogens (tertiary/aromatic N) is 3. The van der Waals surface area contributed by atoms with Gasteiger partial charge in [0, 0.05) is 38.8 Å². The first-order valence-corrected chi connectivity index (χ1v) is 9.23. The van der Waals surface area contributed by atoms with Crippen LogP contribution >= 0.6 is 0 Å². The van der Waals surface area contributed by atoms with Crippen LogP contribution in [0.25, 0.3) is 0 Å². The Balaban J connectivity index is 1.63. The van der Waals surface area contributed by atoms with Crippen molar-refractivity contribution in [3.05, 3.63) is 17.5 Å². The fourth-order valence-corrected chi connectivity index (χ4v) is 3.88. The molecule has 2 aliphatic heterocycles. The molecule has 3 heterocycles. The monoisotopic (exact) mass is 334 g/mol. The van der Waals surface area contributed by atoms with Crippen LogP contribution in [-0.2, 0) is 18.2 Å². The lowest BCUT2D eigenvalue weighted by Gasteiger charge is -2.40. The van der Waals surface area contributed by atoms with Gasteiger partial charge in [-0.25, -0.2) is 0 Å². The highest BCUT2D eigenvalue weighted by Crippen LogP contribution is 2.32. The van der Waals surface area contributed by atoms with Crippen LogP contribution < -0.4 is 5.32 Å². The van der Waals surface area contributed by atoms with Crippen LogP contribution in [0.3, 0.4) is 0 Å². The molecule has 2 saturated heterocycles. The molecule has 0 spiro atoms. The Labute approximate surface area is 144 Å². The van der Waals surface area contributed by atoms with Crippen molar-refractivity contribution in [3.8, 4) is 0 Å². The van der Waals surface area contributed by atoms with E-state index >= 15 is 0 Å². The summed E-state index contributed by atoms with van der Waals surface area (Å²) < 4.78 is 7.26. The zero-order valence-electron chi connectivity index (χ0n) is 15.0. The number of hydrogen-bond acceptors (Lipinski definition) is 4. The minimum atomic E-state index is -0.0167. The third-order valence-electron chi connectivity index (χ3n) is 5.46. The summed E-state index contributed by atoms with van der Waals surface area (Å²) in [6.07, 6.45) is 5.49. The SMILES string of the molecule is CCc1cc(C(=O)NCC2(CN3CCCC3)CCOCC2)n(C)n1. The zero-order valence-corrected chi connectivity index (χ0v) is 15.0. The minimum absolute atomic E-state index is 0.0167. The number of nitrogens with one attached hydrogen (secondary N) is 1. The predicted molar refractivity (Wildman–Crippen MR) is 93.1 cm³/mol. The first kappa shape index (κ1) is 17.4. The van der Waals surface area contributed by atoms with Crippen molar-refractivity contribution in [2.24, 2.45) is 12.5 Å². The molecule has 0 atom stereocenters.